The molecule has 0 radical (unpaired) electrons. The molecule has 2 saturated carbocycles. The molecule has 2 fully saturated rings. The molecule has 25 heavy (non-hydrogen) atoms. The summed E-state index contributed by atoms with van der Waals surface area (Å²) in [7, 11) is 0. The molecule has 0 bridgehead atoms. The Labute approximate surface area is 150 Å². The van der Waals surface area contributed by atoms with Crippen molar-refractivity contribution in [2.45, 2.75) is 56.5 Å². The van der Waals surface area contributed by atoms with Gasteiger partial charge in [-0.15, -0.1) is 0 Å². The molecular formula is C18H22ClF3N2O. The van der Waals surface area contributed by atoms with Crippen LogP contribution in [0.5, 0.6) is 0 Å². The Kier molecular flexibility index (Phi) is 5.58. The van der Waals surface area contributed by atoms with Crippen LogP contribution in [0.3, 0.4) is 0 Å². The Bertz CT molecular complexity index is 608. The Morgan fingerprint density at radius 2 is 1.84 bits per heavy atom. The molecule has 1 aromatic carbocycles. The van der Waals surface area contributed by atoms with Crippen LogP contribution in [0.1, 0.15) is 48.9 Å². The molecule has 3 nitrogen and oxygen atoms in total. The number of alkyl halides is 2. The predicted octanol–water partition coefficient (Wildman–Crippen LogP) is 4.16. The number of hydrogen-bond acceptors (Lipinski definition) is 2. The molecule has 0 spiro atoms. The minimum atomic E-state index is -2.66. The number of rotatable bonds is 6. The van der Waals surface area contributed by atoms with Gasteiger partial charge in [-0.05, 0) is 43.9 Å². The fraction of sp³-hybridized carbons (Fsp3) is 0.611. The summed E-state index contributed by atoms with van der Waals surface area (Å²) in [5.41, 5.74) is 0.161. The van der Waals surface area contributed by atoms with Crippen LogP contribution >= 0.6 is 11.6 Å². The summed E-state index contributed by atoms with van der Waals surface area (Å²) in [5.74, 6) is -4.14. The molecule has 2 aliphatic rings. The summed E-state index contributed by atoms with van der Waals surface area (Å²) in [5, 5.41) is 5.85. The lowest BCUT2D eigenvalue weighted by molar-refractivity contribution is -0.0575. The third-order valence-corrected chi connectivity index (χ3v) is 5.40. The molecule has 138 valence electrons. The minimum absolute atomic E-state index is 0.0197. The molecular weight excluding hydrogens is 353 g/mol. The van der Waals surface area contributed by atoms with Crippen molar-refractivity contribution in [1.82, 2.24) is 10.6 Å². The van der Waals surface area contributed by atoms with E-state index in [0.717, 1.165) is 25.0 Å². The van der Waals surface area contributed by atoms with Crippen molar-refractivity contribution >= 4 is 17.5 Å². The van der Waals surface area contributed by atoms with Gasteiger partial charge in [0.2, 0.25) is 0 Å². The SMILES string of the molecule is O=C(N[C@H]1C[C@H](NCC(F)(F)C2CCCC2)C1)c1cc(F)cc(Cl)c1. The average molecular weight is 375 g/mol. The van der Waals surface area contributed by atoms with E-state index in [4.69, 9.17) is 11.6 Å². The van der Waals surface area contributed by atoms with Crippen LogP contribution in [0.15, 0.2) is 18.2 Å². The van der Waals surface area contributed by atoms with E-state index in [1.54, 1.807) is 0 Å². The van der Waals surface area contributed by atoms with E-state index >= 15 is 0 Å². The van der Waals surface area contributed by atoms with E-state index in [1.807, 2.05) is 0 Å². The average Bonchev–Trinajstić information content (AvgIpc) is 3.03. The van der Waals surface area contributed by atoms with Crippen molar-refractivity contribution in [2.75, 3.05) is 6.54 Å². The van der Waals surface area contributed by atoms with Gasteiger partial charge >= 0.3 is 0 Å². The number of halogens is 4. The van der Waals surface area contributed by atoms with Crippen molar-refractivity contribution in [1.29, 1.82) is 0 Å². The molecule has 7 heteroatoms. The number of nitrogens with one attached hydrogen (secondary N) is 2. The summed E-state index contributed by atoms with van der Waals surface area (Å²) >= 11 is 5.74. The summed E-state index contributed by atoms with van der Waals surface area (Å²) < 4.78 is 41.4. The van der Waals surface area contributed by atoms with Crippen molar-refractivity contribution in [3.8, 4) is 0 Å². The van der Waals surface area contributed by atoms with Gasteiger partial charge in [0.1, 0.15) is 5.82 Å². The third kappa shape index (κ3) is 4.67. The second kappa shape index (κ2) is 7.54. The number of amides is 1. The third-order valence-electron chi connectivity index (χ3n) is 5.18. The van der Waals surface area contributed by atoms with E-state index < -0.39 is 23.6 Å². The fourth-order valence-corrected chi connectivity index (χ4v) is 3.85. The Morgan fingerprint density at radius 3 is 2.48 bits per heavy atom. The summed E-state index contributed by atoms with van der Waals surface area (Å²) in [6.45, 7) is -0.303. The first kappa shape index (κ1) is 18.5. The van der Waals surface area contributed by atoms with E-state index in [9.17, 15) is 18.0 Å². The first-order valence-electron chi connectivity index (χ1n) is 8.71. The Balaban J connectivity index is 1.41. The van der Waals surface area contributed by atoms with Crippen LogP contribution in [0, 0.1) is 11.7 Å². The zero-order valence-corrected chi connectivity index (χ0v) is 14.6. The zero-order chi connectivity index (χ0) is 18.0. The highest BCUT2D eigenvalue weighted by atomic mass is 35.5. The number of benzene rings is 1. The van der Waals surface area contributed by atoms with Crippen molar-refractivity contribution < 1.29 is 18.0 Å². The summed E-state index contributed by atoms with van der Waals surface area (Å²) in [6.07, 6.45) is 4.18. The van der Waals surface area contributed by atoms with Crippen LogP contribution < -0.4 is 10.6 Å². The number of carbonyl (C=O) groups excluding carboxylic acids is 1. The maximum absolute atomic E-state index is 14.1. The second-order valence-electron chi connectivity index (χ2n) is 7.12. The van der Waals surface area contributed by atoms with Gasteiger partial charge in [0, 0.05) is 28.6 Å². The highest BCUT2D eigenvalue weighted by Crippen LogP contribution is 2.37. The maximum atomic E-state index is 14.1. The molecule has 0 heterocycles. The smallest absolute Gasteiger partial charge is 0.263 e. The van der Waals surface area contributed by atoms with Gasteiger partial charge in [-0.3, -0.25) is 4.79 Å². The molecule has 3 rings (SSSR count). The lowest BCUT2D eigenvalue weighted by Gasteiger charge is -2.38. The summed E-state index contributed by atoms with van der Waals surface area (Å²) in [6, 6.07) is 3.54. The van der Waals surface area contributed by atoms with Gasteiger partial charge in [-0.2, -0.15) is 0 Å². The van der Waals surface area contributed by atoms with Crippen LogP contribution in [-0.4, -0.2) is 30.5 Å². The predicted molar refractivity (Wildman–Crippen MR) is 90.6 cm³/mol. The fourth-order valence-electron chi connectivity index (χ4n) is 3.63. The van der Waals surface area contributed by atoms with Crippen LogP contribution in [0.2, 0.25) is 5.02 Å². The Hall–Kier alpha value is -1.27. The van der Waals surface area contributed by atoms with Crippen molar-refractivity contribution in [3.05, 3.63) is 34.6 Å². The van der Waals surface area contributed by atoms with E-state index in [-0.39, 0.29) is 29.2 Å². The molecule has 2 aliphatic carbocycles. The Morgan fingerprint density at radius 1 is 1.16 bits per heavy atom. The monoisotopic (exact) mass is 374 g/mol. The molecule has 0 aliphatic heterocycles. The molecule has 0 aromatic heterocycles. The van der Waals surface area contributed by atoms with Crippen LogP contribution in [0.4, 0.5) is 13.2 Å². The number of hydrogen-bond donors (Lipinski definition) is 2. The zero-order valence-electron chi connectivity index (χ0n) is 13.8. The second-order valence-corrected chi connectivity index (χ2v) is 7.56. The van der Waals surface area contributed by atoms with Gasteiger partial charge in [-0.1, -0.05) is 24.4 Å². The van der Waals surface area contributed by atoms with Crippen molar-refractivity contribution in [3.63, 3.8) is 0 Å². The maximum Gasteiger partial charge on any atom is 0.263 e. The van der Waals surface area contributed by atoms with Crippen molar-refractivity contribution in [2.24, 2.45) is 5.92 Å². The lowest BCUT2D eigenvalue weighted by atomic mass is 9.86. The molecule has 2 N–H and O–H groups in total. The van der Waals surface area contributed by atoms with Gasteiger partial charge in [0.25, 0.3) is 11.8 Å². The largest absolute Gasteiger partial charge is 0.349 e. The quantitative estimate of drug-likeness (QED) is 0.785. The van der Waals surface area contributed by atoms with Gasteiger partial charge in [0.05, 0.1) is 6.54 Å². The van der Waals surface area contributed by atoms with Crippen LogP contribution in [0.25, 0.3) is 0 Å². The topological polar surface area (TPSA) is 41.1 Å². The highest BCUT2D eigenvalue weighted by Gasteiger charge is 2.42. The number of carbonyl (C=O) groups is 1. The minimum Gasteiger partial charge on any atom is -0.349 e. The molecule has 1 amide bonds. The van der Waals surface area contributed by atoms with Gasteiger partial charge in [0.15, 0.2) is 0 Å². The van der Waals surface area contributed by atoms with Gasteiger partial charge < -0.3 is 10.6 Å². The molecule has 0 unspecified atom stereocenters. The van der Waals surface area contributed by atoms with Gasteiger partial charge in [-0.25, -0.2) is 13.2 Å². The highest BCUT2D eigenvalue weighted by molar-refractivity contribution is 6.31. The van der Waals surface area contributed by atoms with E-state index in [1.165, 1.54) is 6.07 Å². The normalized spacial score (nSPS) is 24.2. The molecule has 0 atom stereocenters. The van der Waals surface area contributed by atoms with Crippen LogP contribution in [-0.2, 0) is 0 Å². The van der Waals surface area contributed by atoms with E-state index in [2.05, 4.69) is 10.6 Å². The standard InChI is InChI=1S/C18H22ClF3N2O/c19-13-5-11(6-14(20)7-13)17(25)24-16-8-15(9-16)23-10-18(21,22)12-3-1-2-4-12/h5-7,12,15-16,23H,1-4,8-10H2,(H,24,25)/t15-,16-. The summed E-state index contributed by atoms with van der Waals surface area (Å²) in [4.78, 5) is 12.1. The first-order valence-corrected chi connectivity index (χ1v) is 9.09. The molecule has 0 saturated heterocycles. The first-order chi connectivity index (χ1) is 11.8. The van der Waals surface area contributed by atoms with E-state index in [0.29, 0.717) is 25.7 Å². The molecule has 1 aromatic rings. The lowest BCUT2D eigenvalue weighted by Crippen LogP contribution is -2.54.